The predicted octanol–water partition coefficient (Wildman–Crippen LogP) is 2.45. The average molecular weight is 519 g/mol. The second-order valence-electron chi connectivity index (χ2n) is 6.44. The first kappa shape index (κ1) is 21.1. The van der Waals surface area contributed by atoms with Crippen LogP contribution in [0.15, 0.2) is 28.7 Å². The molecular weight excluding hydrogens is 496 g/mol. The van der Waals surface area contributed by atoms with Crippen molar-refractivity contribution in [3.63, 3.8) is 0 Å². The van der Waals surface area contributed by atoms with Crippen LogP contribution in [0, 0.1) is 5.82 Å². The van der Waals surface area contributed by atoms with Crippen LogP contribution >= 0.6 is 35.3 Å². The van der Waals surface area contributed by atoms with E-state index in [-0.39, 0.29) is 36.6 Å². The van der Waals surface area contributed by atoms with Gasteiger partial charge in [-0.25, -0.2) is 9.37 Å². The number of fused-ring (bicyclic) bond motifs is 1. The number of benzene rings is 1. The molecule has 2 N–H and O–H groups in total. The van der Waals surface area contributed by atoms with E-state index in [4.69, 9.17) is 15.2 Å². The zero-order chi connectivity index (χ0) is 18.6. The van der Waals surface area contributed by atoms with Crippen molar-refractivity contribution >= 4 is 46.4 Å². The summed E-state index contributed by atoms with van der Waals surface area (Å²) in [5, 5.41) is 3.03. The standard InChI is InChI=1S/C18H22FN5O2S.HI/c19-15-9-13(16-14(10-15)11-25-12-26-16)1-2-21-17(20)23-4-6-24(7-5-23)18-22-3-8-27-18;/h3,8-10H,1-2,4-7,11-12H2,(H2,20,21);1H. The van der Waals surface area contributed by atoms with Crippen LogP contribution in [0.4, 0.5) is 9.52 Å². The van der Waals surface area contributed by atoms with Crippen molar-refractivity contribution < 1.29 is 13.9 Å². The fourth-order valence-corrected chi connectivity index (χ4v) is 4.03. The van der Waals surface area contributed by atoms with Crippen LogP contribution in [0.1, 0.15) is 11.1 Å². The number of halogens is 2. The largest absolute Gasteiger partial charge is 0.467 e. The number of guanidine groups is 1. The lowest BCUT2D eigenvalue weighted by Crippen LogP contribution is -2.51. The highest BCUT2D eigenvalue weighted by molar-refractivity contribution is 14.0. The van der Waals surface area contributed by atoms with Gasteiger partial charge in [0.25, 0.3) is 0 Å². The van der Waals surface area contributed by atoms with Gasteiger partial charge in [-0.1, -0.05) is 0 Å². The molecule has 1 saturated heterocycles. The third kappa shape index (κ3) is 4.84. The maximum absolute atomic E-state index is 13.8. The Morgan fingerprint density at radius 3 is 2.86 bits per heavy atom. The number of ether oxygens (including phenoxy) is 2. The van der Waals surface area contributed by atoms with Gasteiger partial charge in [0.1, 0.15) is 11.6 Å². The van der Waals surface area contributed by atoms with Gasteiger partial charge in [-0.2, -0.15) is 0 Å². The quantitative estimate of drug-likeness (QED) is 0.380. The van der Waals surface area contributed by atoms with Crippen molar-refractivity contribution in [1.29, 1.82) is 0 Å². The molecule has 1 fully saturated rings. The van der Waals surface area contributed by atoms with Gasteiger partial charge in [0.05, 0.1) is 6.61 Å². The second kappa shape index (κ2) is 9.70. The molecule has 4 rings (SSSR count). The highest BCUT2D eigenvalue weighted by Crippen LogP contribution is 2.29. The molecule has 0 amide bonds. The molecule has 1 aromatic carbocycles. The number of piperazine rings is 1. The van der Waals surface area contributed by atoms with Crippen LogP contribution in [0.5, 0.6) is 5.75 Å². The van der Waals surface area contributed by atoms with Crippen LogP contribution in [0.2, 0.25) is 0 Å². The maximum atomic E-state index is 13.8. The molecule has 1 aromatic heterocycles. The van der Waals surface area contributed by atoms with E-state index in [0.717, 1.165) is 42.4 Å². The summed E-state index contributed by atoms with van der Waals surface area (Å²) < 4.78 is 24.5. The number of hydrogen-bond acceptors (Lipinski definition) is 6. The molecule has 0 saturated carbocycles. The highest BCUT2D eigenvalue weighted by Gasteiger charge is 2.20. The number of anilines is 1. The van der Waals surface area contributed by atoms with Crippen LogP contribution < -0.4 is 15.4 Å². The molecular formula is C18H23FIN5O2S. The Balaban J connectivity index is 0.00000225. The van der Waals surface area contributed by atoms with Gasteiger partial charge in [-0.15, -0.1) is 35.3 Å². The monoisotopic (exact) mass is 519 g/mol. The van der Waals surface area contributed by atoms with Crippen molar-refractivity contribution in [1.82, 2.24) is 9.88 Å². The van der Waals surface area contributed by atoms with E-state index < -0.39 is 0 Å². The molecule has 2 aliphatic rings. The van der Waals surface area contributed by atoms with Gasteiger partial charge in [-0.3, -0.25) is 4.99 Å². The molecule has 0 atom stereocenters. The zero-order valence-electron chi connectivity index (χ0n) is 15.3. The van der Waals surface area contributed by atoms with E-state index in [1.54, 1.807) is 11.3 Å². The topological polar surface area (TPSA) is 76.2 Å². The minimum absolute atomic E-state index is 0. The molecule has 3 heterocycles. The van der Waals surface area contributed by atoms with E-state index in [2.05, 4.69) is 19.8 Å². The number of thiazole rings is 1. The lowest BCUT2D eigenvalue weighted by Gasteiger charge is -2.35. The smallest absolute Gasteiger partial charge is 0.191 e. The Bertz CT molecular complexity index is 813. The van der Waals surface area contributed by atoms with Crippen molar-refractivity contribution in [2.45, 2.75) is 13.0 Å². The fourth-order valence-electron chi connectivity index (χ4n) is 3.33. The van der Waals surface area contributed by atoms with Crippen LogP contribution in [0.25, 0.3) is 0 Å². The maximum Gasteiger partial charge on any atom is 0.191 e. The van der Waals surface area contributed by atoms with Crippen molar-refractivity contribution in [3.05, 3.63) is 40.7 Å². The molecule has 0 aliphatic carbocycles. The van der Waals surface area contributed by atoms with E-state index in [1.807, 2.05) is 11.6 Å². The number of nitrogens with zero attached hydrogens (tertiary/aromatic N) is 4. The summed E-state index contributed by atoms with van der Waals surface area (Å²) in [7, 11) is 0. The summed E-state index contributed by atoms with van der Waals surface area (Å²) in [4.78, 5) is 13.2. The number of rotatable bonds is 4. The lowest BCUT2D eigenvalue weighted by molar-refractivity contribution is -0.0172. The Kier molecular flexibility index (Phi) is 7.30. The van der Waals surface area contributed by atoms with E-state index >= 15 is 0 Å². The molecule has 0 unspecified atom stereocenters. The third-order valence-electron chi connectivity index (χ3n) is 4.70. The molecule has 28 heavy (non-hydrogen) atoms. The summed E-state index contributed by atoms with van der Waals surface area (Å²) in [6.45, 7) is 4.41. The van der Waals surface area contributed by atoms with Gasteiger partial charge >= 0.3 is 0 Å². The van der Waals surface area contributed by atoms with E-state index in [9.17, 15) is 4.39 Å². The lowest BCUT2D eigenvalue weighted by atomic mass is 10.1. The molecule has 0 spiro atoms. The number of aliphatic imine (C=N–C) groups is 1. The van der Waals surface area contributed by atoms with Crippen molar-refractivity contribution in [2.75, 3.05) is 44.4 Å². The van der Waals surface area contributed by atoms with E-state index in [0.29, 0.717) is 31.3 Å². The minimum atomic E-state index is -0.284. The average Bonchev–Trinajstić information content (AvgIpc) is 3.22. The van der Waals surface area contributed by atoms with E-state index in [1.165, 1.54) is 12.1 Å². The Hall–Kier alpha value is -1.66. The van der Waals surface area contributed by atoms with Crippen molar-refractivity contribution in [2.24, 2.45) is 10.7 Å². The Labute approximate surface area is 184 Å². The SMILES string of the molecule is I.NC(=NCCc1cc(F)cc2c1OCOC2)N1CCN(c2nccs2)CC1. The molecule has 10 heteroatoms. The Morgan fingerprint density at radius 2 is 2.11 bits per heavy atom. The van der Waals surface area contributed by atoms with Gasteiger partial charge < -0.3 is 25.0 Å². The third-order valence-corrected chi connectivity index (χ3v) is 5.53. The predicted molar refractivity (Wildman–Crippen MR) is 118 cm³/mol. The minimum Gasteiger partial charge on any atom is -0.467 e. The van der Waals surface area contributed by atoms with Crippen LogP contribution in [-0.4, -0.2) is 55.4 Å². The number of aromatic nitrogens is 1. The first-order valence-corrected chi connectivity index (χ1v) is 9.80. The fraction of sp³-hybridized carbons (Fsp3) is 0.444. The van der Waals surface area contributed by atoms with Gasteiger partial charge in [0.15, 0.2) is 17.9 Å². The molecule has 7 nitrogen and oxygen atoms in total. The second-order valence-corrected chi connectivity index (χ2v) is 7.32. The number of hydrogen-bond donors (Lipinski definition) is 1. The Morgan fingerprint density at radius 1 is 1.29 bits per heavy atom. The first-order valence-electron chi connectivity index (χ1n) is 8.92. The number of nitrogens with two attached hydrogens (primary N) is 1. The summed E-state index contributed by atoms with van der Waals surface area (Å²) in [5.74, 6) is 0.963. The van der Waals surface area contributed by atoms with Crippen molar-refractivity contribution in [3.8, 4) is 5.75 Å². The highest BCUT2D eigenvalue weighted by atomic mass is 127. The summed E-state index contributed by atoms with van der Waals surface area (Å²) in [6.07, 6.45) is 2.39. The first-order chi connectivity index (χ1) is 13.2. The van der Waals surface area contributed by atoms with Gasteiger partial charge in [0, 0.05) is 49.9 Å². The summed E-state index contributed by atoms with van der Waals surface area (Å²) >= 11 is 1.65. The molecule has 2 aliphatic heterocycles. The molecule has 2 aromatic rings. The normalized spacial score (nSPS) is 17.0. The van der Waals surface area contributed by atoms with Crippen LogP contribution in [-0.2, 0) is 17.8 Å². The zero-order valence-corrected chi connectivity index (χ0v) is 18.5. The van der Waals surface area contributed by atoms with Crippen LogP contribution in [0.3, 0.4) is 0 Å². The molecule has 152 valence electrons. The molecule has 0 radical (unpaired) electrons. The van der Waals surface area contributed by atoms with Gasteiger partial charge in [0.2, 0.25) is 0 Å². The summed E-state index contributed by atoms with van der Waals surface area (Å²) in [6, 6.07) is 2.96. The molecule has 0 bridgehead atoms. The summed E-state index contributed by atoms with van der Waals surface area (Å²) in [5.41, 5.74) is 7.71. The van der Waals surface area contributed by atoms with Gasteiger partial charge in [-0.05, 0) is 24.1 Å².